The highest BCUT2D eigenvalue weighted by Crippen LogP contribution is 2.28. The highest BCUT2D eigenvalue weighted by molar-refractivity contribution is 7.14. The number of nitro benzene ring substituents is 2. The molecule has 1 amide bonds. The van der Waals surface area contributed by atoms with Gasteiger partial charge in [-0.05, 0) is 17.7 Å². The number of non-ortho nitro benzene ring substituents is 1. The molecule has 3 aromatic rings. The summed E-state index contributed by atoms with van der Waals surface area (Å²) in [5.41, 5.74) is 1.18. The fourth-order valence-corrected chi connectivity index (χ4v) is 3.24. The fraction of sp³-hybridized carbons (Fsp3) is 0. The van der Waals surface area contributed by atoms with Crippen molar-refractivity contribution >= 4 is 51.4 Å². The Morgan fingerprint density at radius 2 is 1.93 bits per heavy atom. The first kappa shape index (κ1) is 20.1. The molecule has 0 saturated carbocycles. The van der Waals surface area contributed by atoms with E-state index in [9.17, 15) is 25.0 Å². The highest BCUT2D eigenvalue weighted by atomic mass is 35.5. The molecule has 0 fully saturated rings. The van der Waals surface area contributed by atoms with Crippen LogP contribution in [-0.4, -0.2) is 20.7 Å². The summed E-state index contributed by atoms with van der Waals surface area (Å²) in [6, 6.07) is 10.2. The van der Waals surface area contributed by atoms with E-state index < -0.39 is 15.8 Å². The van der Waals surface area contributed by atoms with Gasteiger partial charge in [0.05, 0.1) is 15.5 Å². The maximum atomic E-state index is 12.1. The van der Waals surface area contributed by atoms with Crippen molar-refractivity contribution < 1.29 is 14.6 Å². The van der Waals surface area contributed by atoms with Crippen molar-refractivity contribution in [2.75, 3.05) is 5.32 Å². The van der Waals surface area contributed by atoms with Crippen molar-refractivity contribution in [2.45, 2.75) is 0 Å². The molecule has 0 spiro atoms. The Morgan fingerprint density at radius 1 is 1.14 bits per heavy atom. The lowest BCUT2D eigenvalue weighted by atomic mass is 10.1. The van der Waals surface area contributed by atoms with Crippen LogP contribution in [0.4, 0.5) is 16.5 Å². The molecule has 0 aliphatic rings. The Kier molecular flexibility index (Phi) is 5.96. The summed E-state index contributed by atoms with van der Waals surface area (Å²) in [6.45, 7) is 0. The van der Waals surface area contributed by atoms with Gasteiger partial charge in [-0.1, -0.05) is 29.8 Å². The first-order valence-electron chi connectivity index (χ1n) is 7.97. The van der Waals surface area contributed by atoms with Crippen LogP contribution in [-0.2, 0) is 4.79 Å². The number of aromatic nitrogens is 1. The molecule has 0 atom stereocenters. The van der Waals surface area contributed by atoms with Crippen molar-refractivity contribution in [3.05, 3.63) is 84.7 Å². The number of halogens is 1. The number of benzene rings is 2. The van der Waals surface area contributed by atoms with Crippen molar-refractivity contribution in [2.24, 2.45) is 0 Å². The molecule has 2 aromatic carbocycles. The monoisotopic (exact) mass is 430 g/mol. The van der Waals surface area contributed by atoms with Gasteiger partial charge in [-0.15, -0.1) is 11.3 Å². The van der Waals surface area contributed by atoms with E-state index in [-0.39, 0.29) is 16.4 Å². The van der Waals surface area contributed by atoms with Gasteiger partial charge in [0.15, 0.2) is 5.13 Å². The standard InChI is InChI=1S/C18H11ClN4O5S/c19-14-6-4-11(8-16(14)23(27)28)5-7-17(24)21-18-20-15(10-29-18)12-2-1-3-13(9-12)22(25)26/h1-10H,(H,20,21,24)/b7-5+. The summed E-state index contributed by atoms with van der Waals surface area (Å²) in [7, 11) is 0. The number of rotatable bonds is 6. The third kappa shape index (κ3) is 5.00. The van der Waals surface area contributed by atoms with Crippen LogP contribution in [0.5, 0.6) is 0 Å². The van der Waals surface area contributed by atoms with Crippen molar-refractivity contribution in [1.82, 2.24) is 4.98 Å². The lowest BCUT2D eigenvalue weighted by Crippen LogP contribution is -2.07. The fourth-order valence-electron chi connectivity index (χ4n) is 2.33. The number of thiazole rings is 1. The Labute approximate surface area is 172 Å². The molecule has 146 valence electrons. The Morgan fingerprint density at radius 3 is 2.66 bits per heavy atom. The topological polar surface area (TPSA) is 128 Å². The van der Waals surface area contributed by atoms with E-state index in [0.717, 1.165) is 11.3 Å². The lowest BCUT2D eigenvalue weighted by Gasteiger charge is -1.99. The molecule has 29 heavy (non-hydrogen) atoms. The lowest BCUT2D eigenvalue weighted by molar-refractivity contribution is -0.384. The molecule has 1 heterocycles. The Hall–Kier alpha value is -3.63. The number of nitrogens with zero attached hydrogens (tertiary/aromatic N) is 3. The Bertz CT molecular complexity index is 1140. The van der Waals surface area contributed by atoms with Crippen LogP contribution in [0.25, 0.3) is 17.3 Å². The second-order valence-electron chi connectivity index (χ2n) is 5.64. The predicted molar refractivity (Wildman–Crippen MR) is 110 cm³/mol. The number of amides is 1. The first-order chi connectivity index (χ1) is 13.8. The first-order valence-corrected chi connectivity index (χ1v) is 9.22. The normalized spacial score (nSPS) is 10.8. The van der Waals surface area contributed by atoms with E-state index in [0.29, 0.717) is 22.0 Å². The number of anilines is 1. The number of carbonyl (C=O) groups excluding carboxylic acids is 1. The number of nitro groups is 2. The minimum Gasteiger partial charge on any atom is -0.298 e. The molecule has 11 heteroatoms. The van der Waals surface area contributed by atoms with Gasteiger partial charge in [-0.25, -0.2) is 4.98 Å². The third-order valence-electron chi connectivity index (χ3n) is 3.68. The minimum absolute atomic E-state index is 0.00747. The quantitative estimate of drug-likeness (QED) is 0.335. The van der Waals surface area contributed by atoms with E-state index in [1.54, 1.807) is 23.6 Å². The van der Waals surface area contributed by atoms with Gasteiger partial charge < -0.3 is 0 Å². The van der Waals surface area contributed by atoms with E-state index in [1.165, 1.54) is 36.4 Å². The number of hydrogen-bond acceptors (Lipinski definition) is 7. The average molecular weight is 431 g/mol. The van der Waals surface area contributed by atoms with Gasteiger partial charge >= 0.3 is 0 Å². The zero-order valence-corrected chi connectivity index (χ0v) is 16.0. The average Bonchev–Trinajstić information content (AvgIpc) is 3.15. The largest absolute Gasteiger partial charge is 0.298 e. The van der Waals surface area contributed by atoms with Gasteiger partial charge in [-0.2, -0.15) is 0 Å². The second-order valence-corrected chi connectivity index (χ2v) is 6.90. The summed E-state index contributed by atoms with van der Waals surface area (Å²) in [6.07, 6.45) is 2.62. The van der Waals surface area contributed by atoms with Crippen LogP contribution in [0.1, 0.15) is 5.56 Å². The molecule has 0 unspecified atom stereocenters. The van der Waals surface area contributed by atoms with Crippen molar-refractivity contribution in [3.63, 3.8) is 0 Å². The molecule has 1 aromatic heterocycles. The van der Waals surface area contributed by atoms with Crippen LogP contribution in [0, 0.1) is 20.2 Å². The molecule has 0 aliphatic carbocycles. The molecular weight excluding hydrogens is 420 g/mol. The maximum Gasteiger partial charge on any atom is 0.288 e. The summed E-state index contributed by atoms with van der Waals surface area (Å²) in [4.78, 5) is 37.0. The molecule has 0 radical (unpaired) electrons. The molecular formula is C18H11ClN4O5S. The third-order valence-corrected chi connectivity index (χ3v) is 4.76. The van der Waals surface area contributed by atoms with Crippen LogP contribution in [0.3, 0.4) is 0 Å². The van der Waals surface area contributed by atoms with Crippen LogP contribution in [0.2, 0.25) is 5.02 Å². The van der Waals surface area contributed by atoms with Gasteiger partial charge in [0.25, 0.3) is 11.4 Å². The molecule has 0 bridgehead atoms. The zero-order chi connectivity index (χ0) is 21.0. The smallest absolute Gasteiger partial charge is 0.288 e. The van der Waals surface area contributed by atoms with Crippen LogP contribution in [0.15, 0.2) is 53.9 Å². The van der Waals surface area contributed by atoms with Gasteiger partial charge in [-0.3, -0.25) is 30.3 Å². The molecule has 0 saturated heterocycles. The number of nitrogens with one attached hydrogen (secondary N) is 1. The second kappa shape index (κ2) is 8.59. The van der Waals surface area contributed by atoms with Crippen molar-refractivity contribution in [1.29, 1.82) is 0 Å². The van der Waals surface area contributed by atoms with E-state index in [2.05, 4.69) is 10.3 Å². The Balaban J connectivity index is 1.70. The predicted octanol–water partition coefficient (Wildman–Crippen LogP) is 4.93. The van der Waals surface area contributed by atoms with E-state index in [4.69, 9.17) is 11.6 Å². The maximum absolute atomic E-state index is 12.1. The summed E-state index contributed by atoms with van der Waals surface area (Å²) >= 11 is 6.92. The van der Waals surface area contributed by atoms with E-state index >= 15 is 0 Å². The van der Waals surface area contributed by atoms with Crippen LogP contribution < -0.4 is 5.32 Å². The van der Waals surface area contributed by atoms with Gasteiger partial charge in [0.2, 0.25) is 5.91 Å². The van der Waals surface area contributed by atoms with Crippen LogP contribution >= 0.6 is 22.9 Å². The number of carbonyl (C=O) groups is 1. The molecule has 9 nitrogen and oxygen atoms in total. The minimum atomic E-state index is -0.606. The molecule has 3 rings (SSSR count). The SMILES string of the molecule is O=C(/C=C/c1ccc(Cl)c([N+](=O)[O-])c1)Nc1nc(-c2cccc([N+](=O)[O-])c2)cs1. The highest BCUT2D eigenvalue weighted by Gasteiger charge is 2.13. The van der Waals surface area contributed by atoms with Gasteiger partial charge in [0.1, 0.15) is 5.02 Å². The summed E-state index contributed by atoms with van der Waals surface area (Å²) in [5, 5.41) is 26.3. The van der Waals surface area contributed by atoms with E-state index in [1.807, 2.05) is 0 Å². The zero-order valence-electron chi connectivity index (χ0n) is 14.4. The summed E-state index contributed by atoms with van der Waals surface area (Å²) < 4.78 is 0. The van der Waals surface area contributed by atoms with Crippen molar-refractivity contribution in [3.8, 4) is 11.3 Å². The number of hydrogen-bond donors (Lipinski definition) is 1. The molecule has 1 N–H and O–H groups in total. The van der Waals surface area contributed by atoms with Gasteiger partial charge in [0, 0.05) is 35.2 Å². The molecule has 0 aliphatic heterocycles. The summed E-state index contributed by atoms with van der Waals surface area (Å²) in [5.74, 6) is -0.484.